The molecule has 0 fully saturated rings. The first kappa shape index (κ1) is 17.6. The van der Waals surface area contributed by atoms with Crippen LogP contribution in [-0.4, -0.2) is 11.7 Å². The highest BCUT2D eigenvalue weighted by Crippen LogP contribution is 2.21. The van der Waals surface area contributed by atoms with Crippen LogP contribution in [0.25, 0.3) is 0 Å². The number of para-hydroxylation sites is 1. The summed E-state index contributed by atoms with van der Waals surface area (Å²) < 4.78 is 13.5. The summed E-state index contributed by atoms with van der Waals surface area (Å²) in [5, 5.41) is 11.9. The van der Waals surface area contributed by atoms with Crippen LogP contribution in [-0.2, 0) is 16.0 Å². The van der Waals surface area contributed by atoms with Crippen molar-refractivity contribution < 1.29 is 14.0 Å². The number of anilines is 1. The summed E-state index contributed by atoms with van der Waals surface area (Å²) in [5.74, 6) is -3.19. The number of rotatable bonds is 6. The Bertz CT molecular complexity index is 802. The Morgan fingerprint density at radius 2 is 1.83 bits per heavy atom. The molecular formula is C18H14ClFN2O2. The average molecular weight is 345 g/mol. The topological polar surface area (TPSA) is 70.0 Å². The molecule has 122 valence electrons. The van der Waals surface area contributed by atoms with Crippen molar-refractivity contribution >= 4 is 29.0 Å². The van der Waals surface area contributed by atoms with E-state index in [0.29, 0.717) is 16.3 Å². The molecule has 2 rings (SSSR count). The molecule has 0 aliphatic rings. The molecule has 6 heteroatoms. The highest BCUT2D eigenvalue weighted by atomic mass is 35.5. The molecule has 0 radical (unpaired) electrons. The summed E-state index contributed by atoms with van der Waals surface area (Å²) in [5.41, 5.74) is 0.695. The number of benzene rings is 2. The first-order valence-corrected chi connectivity index (χ1v) is 7.62. The van der Waals surface area contributed by atoms with Crippen molar-refractivity contribution in [3.63, 3.8) is 0 Å². The van der Waals surface area contributed by atoms with Gasteiger partial charge in [0.25, 0.3) is 0 Å². The number of amides is 1. The van der Waals surface area contributed by atoms with Crippen molar-refractivity contribution in [2.75, 3.05) is 5.32 Å². The van der Waals surface area contributed by atoms with Crippen LogP contribution in [0.4, 0.5) is 10.1 Å². The predicted octanol–water partition coefficient (Wildman–Crippen LogP) is 3.76. The molecule has 1 atom stereocenters. The maximum Gasteiger partial charge on any atom is 0.249 e. The van der Waals surface area contributed by atoms with E-state index in [4.69, 9.17) is 16.9 Å². The maximum absolute atomic E-state index is 13.5. The molecule has 2 aromatic rings. The highest BCUT2D eigenvalue weighted by Gasteiger charge is 2.26. The van der Waals surface area contributed by atoms with Crippen molar-refractivity contribution in [3.05, 3.63) is 64.9 Å². The fourth-order valence-electron chi connectivity index (χ4n) is 2.15. The SMILES string of the molecule is N#C[C@@H](C(=O)CCc1ccccc1F)C(=O)Nc1ccccc1Cl. The number of ketones is 1. The van der Waals surface area contributed by atoms with Crippen LogP contribution in [0, 0.1) is 23.1 Å². The van der Waals surface area contributed by atoms with Gasteiger partial charge in [-0.25, -0.2) is 4.39 Å². The summed E-state index contributed by atoms with van der Waals surface area (Å²) in [4.78, 5) is 24.3. The molecule has 0 spiro atoms. The highest BCUT2D eigenvalue weighted by molar-refractivity contribution is 6.33. The van der Waals surface area contributed by atoms with E-state index in [1.54, 1.807) is 48.5 Å². The number of hydrogen-bond acceptors (Lipinski definition) is 3. The normalized spacial score (nSPS) is 11.4. The Kier molecular flexibility index (Phi) is 6.05. The summed E-state index contributed by atoms with van der Waals surface area (Å²) in [6.07, 6.45) is 0.0260. The van der Waals surface area contributed by atoms with Gasteiger partial charge in [0.2, 0.25) is 5.91 Å². The Morgan fingerprint density at radius 3 is 2.50 bits per heavy atom. The van der Waals surface area contributed by atoms with Crippen LogP contribution in [0.5, 0.6) is 0 Å². The fraction of sp³-hybridized carbons (Fsp3) is 0.167. The summed E-state index contributed by atoms with van der Waals surface area (Å²) >= 11 is 5.93. The molecular weight excluding hydrogens is 331 g/mol. The number of nitrogens with one attached hydrogen (secondary N) is 1. The van der Waals surface area contributed by atoms with Gasteiger partial charge in [0.1, 0.15) is 5.82 Å². The lowest BCUT2D eigenvalue weighted by atomic mass is 9.98. The molecule has 0 aliphatic carbocycles. The molecule has 4 nitrogen and oxygen atoms in total. The molecule has 0 aromatic heterocycles. The predicted molar refractivity (Wildman–Crippen MR) is 88.9 cm³/mol. The van der Waals surface area contributed by atoms with Gasteiger partial charge in [-0.1, -0.05) is 41.9 Å². The Morgan fingerprint density at radius 1 is 1.17 bits per heavy atom. The van der Waals surface area contributed by atoms with Gasteiger partial charge in [-0.05, 0) is 30.2 Å². The van der Waals surface area contributed by atoms with Crippen LogP contribution in [0.2, 0.25) is 5.02 Å². The second kappa shape index (κ2) is 8.23. The van der Waals surface area contributed by atoms with Crippen molar-refractivity contribution in [1.29, 1.82) is 5.26 Å². The van der Waals surface area contributed by atoms with Crippen LogP contribution in [0.3, 0.4) is 0 Å². The quantitative estimate of drug-likeness (QED) is 0.811. The lowest BCUT2D eigenvalue weighted by Gasteiger charge is -2.11. The van der Waals surface area contributed by atoms with Crippen LogP contribution in [0.1, 0.15) is 12.0 Å². The molecule has 0 saturated carbocycles. The number of Topliss-reactive ketones (excluding diaryl/α,β-unsaturated/α-hetero) is 1. The van der Waals surface area contributed by atoms with Gasteiger partial charge in [-0.2, -0.15) is 5.26 Å². The zero-order chi connectivity index (χ0) is 17.5. The third-order valence-corrected chi connectivity index (χ3v) is 3.77. The molecule has 2 aromatic carbocycles. The lowest BCUT2D eigenvalue weighted by Crippen LogP contribution is -2.29. The van der Waals surface area contributed by atoms with Gasteiger partial charge in [-0.3, -0.25) is 9.59 Å². The Labute approximate surface area is 143 Å². The van der Waals surface area contributed by atoms with Gasteiger partial charge in [0, 0.05) is 6.42 Å². The molecule has 1 N–H and O–H groups in total. The third-order valence-electron chi connectivity index (χ3n) is 3.44. The first-order chi connectivity index (χ1) is 11.5. The minimum absolute atomic E-state index is 0.102. The number of carbonyl (C=O) groups is 2. The second-order valence-electron chi connectivity index (χ2n) is 5.09. The van der Waals surface area contributed by atoms with E-state index in [0.717, 1.165) is 0 Å². The van der Waals surface area contributed by atoms with Crippen LogP contribution < -0.4 is 5.32 Å². The van der Waals surface area contributed by atoms with Crippen molar-refractivity contribution in [2.45, 2.75) is 12.8 Å². The van der Waals surface area contributed by atoms with Gasteiger partial charge >= 0.3 is 0 Å². The van der Waals surface area contributed by atoms with Crippen LogP contribution in [0.15, 0.2) is 48.5 Å². The largest absolute Gasteiger partial charge is 0.323 e. The fourth-order valence-corrected chi connectivity index (χ4v) is 2.33. The molecule has 24 heavy (non-hydrogen) atoms. The Hall–Kier alpha value is -2.71. The second-order valence-corrected chi connectivity index (χ2v) is 5.50. The van der Waals surface area contributed by atoms with Gasteiger partial charge in [0.15, 0.2) is 11.7 Å². The number of halogens is 2. The smallest absolute Gasteiger partial charge is 0.249 e. The van der Waals surface area contributed by atoms with Gasteiger partial charge < -0.3 is 5.32 Å². The molecule has 1 amide bonds. The minimum atomic E-state index is -1.46. The van der Waals surface area contributed by atoms with Gasteiger partial charge in [-0.15, -0.1) is 0 Å². The molecule has 0 saturated heterocycles. The monoisotopic (exact) mass is 344 g/mol. The number of carbonyl (C=O) groups excluding carboxylic acids is 2. The summed E-state index contributed by atoms with van der Waals surface area (Å²) in [6.45, 7) is 0. The van der Waals surface area contributed by atoms with Crippen molar-refractivity contribution in [3.8, 4) is 6.07 Å². The molecule has 0 aliphatic heterocycles. The van der Waals surface area contributed by atoms with Crippen LogP contribution >= 0.6 is 11.6 Å². The van der Waals surface area contributed by atoms with Crippen molar-refractivity contribution in [2.24, 2.45) is 5.92 Å². The number of hydrogen-bond donors (Lipinski definition) is 1. The molecule has 0 bridgehead atoms. The minimum Gasteiger partial charge on any atom is -0.323 e. The molecule has 0 unspecified atom stereocenters. The first-order valence-electron chi connectivity index (χ1n) is 7.24. The Balaban J connectivity index is 2.01. The summed E-state index contributed by atoms with van der Waals surface area (Å²) in [6, 6.07) is 14.3. The number of nitriles is 1. The van der Waals surface area contributed by atoms with E-state index >= 15 is 0 Å². The standard InChI is InChI=1S/C18H14ClFN2O2/c19-14-6-2-4-8-16(14)22-18(24)13(11-21)17(23)10-9-12-5-1-3-7-15(12)20/h1-8,13H,9-10H2,(H,22,24)/t13-/m0/s1. The van der Waals surface area contributed by atoms with Gasteiger partial charge in [0.05, 0.1) is 16.8 Å². The third kappa shape index (κ3) is 4.40. The van der Waals surface area contributed by atoms with E-state index in [-0.39, 0.29) is 12.8 Å². The molecule has 0 heterocycles. The van der Waals surface area contributed by atoms with E-state index < -0.39 is 23.4 Å². The maximum atomic E-state index is 13.5. The van der Waals surface area contributed by atoms with E-state index in [1.165, 1.54) is 6.07 Å². The average Bonchev–Trinajstić information content (AvgIpc) is 2.57. The number of aryl methyl sites for hydroxylation is 1. The number of nitrogens with zero attached hydrogens (tertiary/aromatic N) is 1. The van der Waals surface area contributed by atoms with E-state index in [9.17, 15) is 14.0 Å². The lowest BCUT2D eigenvalue weighted by molar-refractivity contribution is -0.128. The zero-order valence-corrected chi connectivity index (χ0v) is 13.4. The van der Waals surface area contributed by atoms with Crippen molar-refractivity contribution in [1.82, 2.24) is 0 Å². The zero-order valence-electron chi connectivity index (χ0n) is 12.6. The summed E-state index contributed by atoms with van der Waals surface area (Å²) in [7, 11) is 0. The van der Waals surface area contributed by atoms with E-state index in [2.05, 4.69) is 5.32 Å². The van der Waals surface area contributed by atoms with E-state index in [1.807, 2.05) is 0 Å².